The van der Waals surface area contributed by atoms with Gasteiger partial charge in [0.15, 0.2) is 0 Å². The molecule has 0 aliphatic carbocycles. The molecule has 0 aromatic carbocycles. The van der Waals surface area contributed by atoms with Crippen LogP contribution in [0, 0.1) is 0 Å². The van der Waals surface area contributed by atoms with Gasteiger partial charge in [-0.25, -0.2) is 15.8 Å². The highest BCUT2D eigenvalue weighted by Gasteiger charge is 2.11. The van der Waals surface area contributed by atoms with Gasteiger partial charge in [-0.2, -0.15) is 0 Å². The summed E-state index contributed by atoms with van der Waals surface area (Å²) in [5.74, 6) is 7.75. The van der Waals surface area contributed by atoms with Gasteiger partial charge >= 0.3 is 0 Å². The molecule has 1 rings (SSSR count). The fourth-order valence-corrected chi connectivity index (χ4v) is 1.50. The molecule has 0 unspecified atom stereocenters. The van der Waals surface area contributed by atoms with Gasteiger partial charge in [0.05, 0.1) is 6.61 Å². The van der Waals surface area contributed by atoms with Gasteiger partial charge in [0, 0.05) is 25.1 Å². The average molecular weight is 239 g/mol. The van der Waals surface area contributed by atoms with Crippen LogP contribution in [-0.4, -0.2) is 34.8 Å². The van der Waals surface area contributed by atoms with Crippen molar-refractivity contribution in [3.05, 3.63) is 11.9 Å². The molecule has 17 heavy (non-hydrogen) atoms. The second kappa shape index (κ2) is 6.36. The molecule has 0 spiro atoms. The first-order chi connectivity index (χ1) is 8.12. The number of hydrogen-bond donors (Lipinski definition) is 3. The molecule has 0 aliphatic heterocycles. The molecular formula is C11H21N5O. The predicted octanol–water partition coefficient (Wildman–Crippen LogP) is 0.704. The maximum absolute atomic E-state index is 9.01. The Hall–Kier alpha value is -1.40. The number of aliphatic hydroxyl groups excluding tert-OH is 1. The van der Waals surface area contributed by atoms with E-state index in [0.717, 1.165) is 18.2 Å². The lowest BCUT2D eigenvalue weighted by Crippen LogP contribution is -2.28. The van der Waals surface area contributed by atoms with Crippen molar-refractivity contribution in [3.63, 3.8) is 0 Å². The lowest BCUT2D eigenvalue weighted by Gasteiger charge is -2.22. The highest BCUT2D eigenvalue weighted by Crippen LogP contribution is 2.19. The SMILES string of the molecule is CCN(CCO)c1cc(NN)nc(C(C)C)n1. The highest BCUT2D eigenvalue weighted by atomic mass is 16.3. The summed E-state index contributed by atoms with van der Waals surface area (Å²) < 4.78 is 0. The number of nitrogens with zero attached hydrogens (tertiary/aromatic N) is 3. The minimum Gasteiger partial charge on any atom is -0.395 e. The number of likely N-dealkylation sites (N-methyl/N-ethyl adjacent to an activating group) is 1. The van der Waals surface area contributed by atoms with E-state index in [1.807, 2.05) is 25.7 Å². The van der Waals surface area contributed by atoms with Gasteiger partial charge in [-0.3, -0.25) is 0 Å². The zero-order valence-corrected chi connectivity index (χ0v) is 10.6. The van der Waals surface area contributed by atoms with Gasteiger partial charge in [0.25, 0.3) is 0 Å². The molecule has 1 heterocycles. The topological polar surface area (TPSA) is 87.3 Å². The average Bonchev–Trinajstić information content (AvgIpc) is 2.35. The number of aromatic nitrogens is 2. The van der Waals surface area contributed by atoms with Crippen molar-refractivity contribution >= 4 is 11.6 Å². The predicted molar refractivity (Wildman–Crippen MR) is 68.9 cm³/mol. The van der Waals surface area contributed by atoms with Crippen LogP contribution < -0.4 is 16.2 Å². The van der Waals surface area contributed by atoms with Gasteiger partial charge < -0.3 is 15.4 Å². The van der Waals surface area contributed by atoms with Crippen LogP contribution in [0.15, 0.2) is 6.07 Å². The zero-order chi connectivity index (χ0) is 12.8. The minimum atomic E-state index is 0.0975. The number of aliphatic hydroxyl groups is 1. The van der Waals surface area contributed by atoms with Crippen LogP contribution >= 0.6 is 0 Å². The molecule has 0 aliphatic rings. The molecule has 0 radical (unpaired) electrons. The zero-order valence-electron chi connectivity index (χ0n) is 10.6. The summed E-state index contributed by atoms with van der Waals surface area (Å²) in [4.78, 5) is 10.8. The van der Waals surface area contributed by atoms with Crippen LogP contribution in [0.4, 0.5) is 11.6 Å². The fourth-order valence-electron chi connectivity index (χ4n) is 1.50. The number of hydrazine groups is 1. The van der Waals surface area contributed by atoms with E-state index in [2.05, 4.69) is 15.4 Å². The fraction of sp³-hybridized carbons (Fsp3) is 0.636. The van der Waals surface area contributed by atoms with Crippen molar-refractivity contribution in [3.8, 4) is 0 Å². The van der Waals surface area contributed by atoms with Crippen LogP contribution in [0.2, 0.25) is 0 Å². The van der Waals surface area contributed by atoms with Crippen molar-refractivity contribution in [1.82, 2.24) is 9.97 Å². The van der Waals surface area contributed by atoms with Gasteiger partial charge in [0.1, 0.15) is 17.5 Å². The van der Waals surface area contributed by atoms with Crippen molar-refractivity contribution in [2.45, 2.75) is 26.7 Å². The summed E-state index contributed by atoms with van der Waals surface area (Å²) in [6.45, 7) is 7.50. The summed E-state index contributed by atoms with van der Waals surface area (Å²) in [5, 5.41) is 9.01. The van der Waals surface area contributed by atoms with Crippen LogP contribution in [0.1, 0.15) is 32.5 Å². The number of nitrogens with one attached hydrogen (secondary N) is 1. The first kappa shape index (κ1) is 13.7. The molecule has 0 bridgehead atoms. The molecule has 96 valence electrons. The number of anilines is 2. The second-order valence-corrected chi connectivity index (χ2v) is 4.07. The maximum atomic E-state index is 9.01. The van der Waals surface area contributed by atoms with Crippen molar-refractivity contribution in [2.75, 3.05) is 30.0 Å². The number of nitrogen functional groups attached to an aromatic ring is 1. The van der Waals surface area contributed by atoms with E-state index in [1.54, 1.807) is 6.07 Å². The summed E-state index contributed by atoms with van der Waals surface area (Å²) in [6, 6.07) is 1.78. The number of nitrogens with two attached hydrogens (primary N) is 1. The molecule has 1 aromatic rings. The standard InChI is InChI=1S/C11H21N5O/c1-4-16(5-6-17)10-7-9(15-12)13-11(14-10)8(2)3/h7-8,17H,4-6,12H2,1-3H3,(H,13,14,15). The van der Waals surface area contributed by atoms with E-state index < -0.39 is 0 Å². The van der Waals surface area contributed by atoms with Crippen molar-refractivity contribution in [1.29, 1.82) is 0 Å². The van der Waals surface area contributed by atoms with E-state index >= 15 is 0 Å². The first-order valence-electron chi connectivity index (χ1n) is 5.83. The molecule has 6 nitrogen and oxygen atoms in total. The van der Waals surface area contributed by atoms with Crippen LogP contribution in [0.25, 0.3) is 0 Å². The van der Waals surface area contributed by atoms with E-state index in [1.165, 1.54) is 0 Å². The monoisotopic (exact) mass is 239 g/mol. The largest absolute Gasteiger partial charge is 0.395 e. The molecule has 0 saturated carbocycles. The van der Waals surface area contributed by atoms with Crippen LogP contribution in [-0.2, 0) is 0 Å². The Balaban J connectivity index is 3.08. The van der Waals surface area contributed by atoms with E-state index in [0.29, 0.717) is 12.4 Å². The van der Waals surface area contributed by atoms with Gasteiger partial charge in [0.2, 0.25) is 0 Å². The van der Waals surface area contributed by atoms with Crippen LogP contribution in [0.5, 0.6) is 0 Å². The highest BCUT2D eigenvalue weighted by molar-refractivity contribution is 5.49. The molecule has 4 N–H and O–H groups in total. The Morgan fingerprint density at radius 2 is 2.18 bits per heavy atom. The third-order valence-electron chi connectivity index (χ3n) is 2.47. The Morgan fingerprint density at radius 1 is 1.47 bits per heavy atom. The molecule has 1 aromatic heterocycles. The quantitative estimate of drug-likeness (QED) is 0.500. The molecular weight excluding hydrogens is 218 g/mol. The Bertz CT molecular complexity index is 356. The summed E-state index contributed by atoms with van der Waals surface area (Å²) >= 11 is 0. The van der Waals surface area contributed by atoms with E-state index in [9.17, 15) is 0 Å². The maximum Gasteiger partial charge on any atom is 0.145 e. The van der Waals surface area contributed by atoms with E-state index in [4.69, 9.17) is 10.9 Å². The third-order valence-corrected chi connectivity index (χ3v) is 2.47. The molecule has 0 saturated heterocycles. The third kappa shape index (κ3) is 3.54. The van der Waals surface area contributed by atoms with E-state index in [-0.39, 0.29) is 12.5 Å². The van der Waals surface area contributed by atoms with Gasteiger partial charge in [-0.1, -0.05) is 13.8 Å². The number of hydrogen-bond acceptors (Lipinski definition) is 6. The van der Waals surface area contributed by atoms with Crippen molar-refractivity contribution < 1.29 is 5.11 Å². The second-order valence-electron chi connectivity index (χ2n) is 4.07. The summed E-state index contributed by atoms with van der Waals surface area (Å²) in [5.41, 5.74) is 2.54. The Labute approximate surface area is 102 Å². The molecule has 0 amide bonds. The lowest BCUT2D eigenvalue weighted by atomic mass is 10.2. The minimum absolute atomic E-state index is 0.0975. The number of rotatable bonds is 6. The normalized spacial score (nSPS) is 10.7. The van der Waals surface area contributed by atoms with Crippen LogP contribution in [0.3, 0.4) is 0 Å². The Morgan fingerprint density at radius 3 is 2.65 bits per heavy atom. The smallest absolute Gasteiger partial charge is 0.145 e. The molecule has 6 heteroatoms. The molecule has 0 atom stereocenters. The van der Waals surface area contributed by atoms with Gasteiger partial charge in [-0.15, -0.1) is 0 Å². The van der Waals surface area contributed by atoms with Crippen molar-refractivity contribution in [2.24, 2.45) is 5.84 Å². The molecule has 0 fully saturated rings. The first-order valence-corrected chi connectivity index (χ1v) is 5.83. The lowest BCUT2D eigenvalue weighted by molar-refractivity contribution is 0.302. The Kier molecular flexibility index (Phi) is 5.11. The van der Waals surface area contributed by atoms with Gasteiger partial charge in [-0.05, 0) is 6.92 Å². The summed E-state index contributed by atoms with van der Waals surface area (Å²) in [6.07, 6.45) is 0. The summed E-state index contributed by atoms with van der Waals surface area (Å²) in [7, 11) is 0.